The SMILES string of the molecule is Cc1cc([C@H](C)O)cnc1N1CCN(C(=O)OC(C)(C)C)CC1. The first-order valence-electron chi connectivity index (χ1n) is 8.05. The molecule has 2 rings (SSSR count). The Morgan fingerprint density at radius 3 is 2.39 bits per heavy atom. The predicted octanol–water partition coefficient (Wildman–Crippen LogP) is 2.50. The molecule has 1 fully saturated rings. The van der Waals surface area contributed by atoms with Crippen LogP contribution in [-0.2, 0) is 4.74 Å². The first kappa shape index (κ1) is 17.5. The van der Waals surface area contributed by atoms with Crippen molar-refractivity contribution in [1.82, 2.24) is 9.88 Å². The number of aryl methyl sites for hydroxylation is 1. The highest BCUT2D eigenvalue weighted by atomic mass is 16.6. The molecule has 0 spiro atoms. The third-order valence-electron chi connectivity index (χ3n) is 3.79. The summed E-state index contributed by atoms with van der Waals surface area (Å²) in [7, 11) is 0. The van der Waals surface area contributed by atoms with Gasteiger partial charge in [0.1, 0.15) is 11.4 Å². The fourth-order valence-electron chi connectivity index (χ4n) is 2.58. The smallest absolute Gasteiger partial charge is 0.410 e. The van der Waals surface area contributed by atoms with E-state index < -0.39 is 11.7 Å². The minimum Gasteiger partial charge on any atom is -0.444 e. The zero-order chi connectivity index (χ0) is 17.2. The lowest BCUT2D eigenvalue weighted by Crippen LogP contribution is -2.50. The number of aromatic nitrogens is 1. The zero-order valence-electron chi connectivity index (χ0n) is 14.7. The highest BCUT2D eigenvalue weighted by molar-refractivity contribution is 5.68. The molecule has 1 N–H and O–H groups in total. The molecule has 1 aromatic rings. The number of pyridine rings is 1. The second-order valence-electron chi connectivity index (χ2n) is 7.04. The van der Waals surface area contributed by atoms with Gasteiger partial charge in [0.25, 0.3) is 0 Å². The largest absolute Gasteiger partial charge is 0.444 e. The van der Waals surface area contributed by atoms with Crippen LogP contribution in [0.4, 0.5) is 10.6 Å². The van der Waals surface area contributed by atoms with Gasteiger partial charge in [-0.15, -0.1) is 0 Å². The Bertz CT molecular complexity index is 559. The molecule has 1 amide bonds. The highest BCUT2D eigenvalue weighted by Crippen LogP contribution is 2.22. The summed E-state index contributed by atoms with van der Waals surface area (Å²) in [5, 5.41) is 9.63. The van der Waals surface area contributed by atoms with Crippen LogP contribution in [0, 0.1) is 6.92 Å². The number of aliphatic hydroxyl groups excluding tert-OH is 1. The topological polar surface area (TPSA) is 65.9 Å². The quantitative estimate of drug-likeness (QED) is 0.906. The second kappa shape index (κ2) is 6.74. The predicted molar refractivity (Wildman–Crippen MR) is 89.6 cm³/mol. The van der Waals surface area contributed by atoms with E-state index in [0.29, 0.717) is 13.1 Å². The van der Waals surface area contributed by atoms with Gasteiger partial charge in [0.2, 0.25) is 0 Å². The molecule has 23 heavy (non-hydrogen) atoms. The molecular formula is C17H27N3O3. The van der Waals surface area contributed by atoms with E-state index in [0.717, 1.165) is 30.0 Å². The molecule has 0 aliphatic carbocycles. The van der Waals surface area contributed by atoms with Crippen LogP contribution < -0.4 is 4.90 Å². The normalized spacial score (nSPS) is 17.1. The molecule has 0 bridgehead atoms. The average Bonchev–Trinajstić information content (AvgIpc) is 2.45. The van der Waals surface area contributed by atoms with Gasteiger partial charge >= 0.3 is 6.09 Å². The van der Waals surface area contributed by atoms with E-state index >= 15 is 0 Å². The molecular weight excluding hydrogens is 294 g/mol. The molecule has 128 valence electrons. The summed E-state index contributed by atoms with van der Waals surface area (Å²) in [5.41, 5.74) is 1.39. The van der Waals surface area contributed by atoms with E-state index in [-0.39, 0.29) is 6.09 Å². The number of anilines is 1. The van der Waals surface area contributed by atoms with Crippen molar-refractivity contribution in [3.63, 3.8) is 0 Å². The van der Waals surface area contributed by atoms with Crippen LogP contribution in [0.3, 0.4) is 0 Å². The molecule has 0 aromatic carbocycles. The van der Waals surface area contributed by atoms with E-state index in [4.69, 9.17) is 4.74 Å². The van der Waals surface area contributed by atoms with Crippen molar-refractivity contribution in [3.8, 4) is 0 Å². The van der Waals surface area contributed by atoms with Crippen molar-refractivity contribution in [2.45, 2.75) is 46.3 Å². The Labute approximate surface area is 138 Å². The Morgan fingerprint density at radius 1 is 1.30 bits per heavy atom. The van der Waals surface area contributed by atoms with E-state index in [2.05, 4.69) is 9.88 Å². The number of hydrogen-bond acceptors (Lipinski definition) is 5. The van der Waals surface area contributed by atoms with Crippen molar-refractivity contribution in [2.75, 3.05) is 31.1 Å². The van der Waals surface area contributed by atoms with Gasteiger partial charge < -0.3 is 19.6 Å². The van der Waals surface area contributed by atoms with Crippen LogP contribution in [-0.4, -0.2) is 52.9 Å². The zero-order valence-corrected chi connectivity index (χ0v) is 14.7. The summed E-state index contributed by atoms with van der Waals surface area (Å²) in [6, 6.07) is 1.97. The molecule has 1 atom stereocenters. The molecule has 1 aliphatic heterocycles. The van der Waals surface area contributed by atoms with Gasteiger partial charge in [-0.1, -0.05) is 0 Å². The number of nitrogens with zero attached hydrogens (tertiary/aromatic N) is 3. The van der Waals surface area contributed by atoms with Gasteiger partial charge in [-0.2, -0.15) is 0 Å². The van der Waals surface area contributed by atoms with Crippen LogP contribution in [0.5, 0.6) is 0 Å². The van der Waals surface area contributed by atoms with Gasteiger partial charge in [0.15, 0.2) is 0 Å². The standard InChI is InChI=1S/C17H27N3O3/c1-12-10-14(13(2)21)11-18-15(12)19-6-8-20(9-7-19)16(22)23-17(3,4)5/h10-11,13,21H,6-9H2,1-5H3/t13-/m0/s1. The molecule has 1 aliphatic rings. The van der Waals surface area contributed by atoms with Crippen molar-refractivity contribution < 1.29 is 14.6 Å². The fraction of sp³-hybridized carbons (Fsp3) is 0.647. The third-order valence-corrected chi connectivity index (χ3v) is 3.79. The van der Waals surface area contributed by atoms with Gasteiger partial charge in [-0.25, -0.2) is 9.78 Å². The number of rotatable bonds is 2. The maximum Gasteiger partial charge on any atom is 0.410 e. The first-order chi connectivity index (χ1) is 10.7. The molecule has 6 nitrogen and oxygen atoms in total. The second-order valence-corrected chi connectivity index (χ2v) is 7.04. The molecule has 0 unspecified atom stereocenters. The Kier molecular flexibility index (Phi) is 5.14. The fourth-order valence-corrected chi connectivity index (χ4v) is 2.58. The number of ether oxygens (including phenoxy) is 1. The number of aliphatic hydroxyl groups is 1. The number of carbonyl (C=O) groups is 1. The minimum absolute atomic E-state index is 0.258. The van der Waals surface area contributed by atoms with Crippen LogP contribution in [0.25, 0.3) is 0 Å². The lowest BCUT2D eigenvalue weighted by Gasteiger charge is -2.36. The molecule has 1 saturated heterocycles. The number of hydrogen-bond donors (Lipinski definition) is 1. The van der Waals surface area contributed by atoms with E-state index in [1.807, 2.05) is 33.8 Å². The molecule has 0 saturated carbocycles. The molecule has 2 heterocycles. The van der Waals surface area contributed by atoms with Gasteiger partial charge in [-0.05, 0) is 51.8 Å². The van der Waals surface area contributed by atoms with Crippen LogP contribution in [0.1, 0.15) is 44.9 Å². The summed E-state index contributed by atoms with van der Waals surface area (Å²) in [5.74, 6) is 0.915. The van der Waals surface area contributed by atoms with Crippen molar-refractivity contribution in [2.24, 2.45) is 0 Å². The lowest BCUT2D eigenvalue weighted by atomic mass is 10.1. The summed E-state index contributed by atoms with van der Waals surface area (Å²) >= 11 is 0. The monoisotopic (exact) mass is 321 g/mol. The van der Waals surface area contributed by atoms with E-state index in [1.165, 1.54) is 0 Å². The van der Waals surface area contributed by atoms with Crippen LogP contribution >= 0.6 is 0 Å². The van der Waals surface area contributed by atoms with Gasteiger partial charge in [0.05, 0.1) is 6.10 Å². The maximum absolute atomic E-state index is 12.1. The Balaban J connectivity index is 1.98. The third kappa shape index (κ3) is 4.58. The summed E-state index contributed by atoms with van der Waals surface area (Å²) < 4.78 is 5.41. The number of carbonyl (C=O) groups excluding carboxylic acids is 1. The maximum atomic E-state index is 12.1. The van der Waals surface area contributed by atoms with Crippen LogP contribution in [0.2, 0.25) is 0 Å². The minimum atomic E-state index is -0.515. The summed E-state index contributed by atoms with van der Waals surface area (Å²) in [4.78, 5) is 20.5. The Morgan fingerprint density at radius 2 is 1.91 bits per heavy atom. The lowest BCUT2D eigenvalue weighted by molar-refractivity contribution is 0.0240. The van der Waals surface area contributed by atoms with Crippen LogP contribution in [0.15, 0.2) is 12.3 Å². The van der Waals surface area contributed by atoms with E-state index in [9.17, 15) is 9.90 Å². The van der Waals surface area contributed by atoms with Crippen molar-refractivity contribution in [3.05, 3.63) is 23.4 Å². The highest BCUT2D eigenvalue weighted by Gasteiger charge is 2.26. The van der Waals surface area contributed by atoms with Gasteiger partial charge in [-0.3, -0.25) is 0 Å². The van der Waals surface area contributed by atoms with Crippen molar-refractivity contribution >= 4 is 11.9 Å². The molecule has 6 heteroatoms. The number of piperazine rings is 1. The summed E-state index contributed by atoms with van der Waals surface area (Å²) in [6.45, 7) is 12.0. The summed E-state index contributed by atoms with van der Waals surface area (Å²) in [6.07, 6.45) is 0.943. The average molecular weight is 321 g/mol. The van der Waals surface area contributed by atoms with Gasteiger partial charge in [0, 0.05) is 32.4 Å². The number of amides is 1. The van der Waals surface area contributed by atoms with Crippen molar-refractivity contribution in [1.29, 1.82) is 0 Å². The Hall–Kier alpha value is -1.82. The van der Waals surface area contributed by atoms with E-state index in [1.54, 1.807) is 18.0 Å². The first-order valence-corrected chi connectivity index (χ1v) is 8.05. The molecule has 0 radical (unpaired) electrons. The molecule has 1 aromatic heterocycles.